The standard InChI is InChI=1S/C24H20Cl2N6O4/c25-18-7-6-17(14-19(18)26)36-16-4-2-15(3-5-16)32-22(34)20(21(33)29-24(32)35)30-10-12-31(13-11-30)23-27-8-1-9-28-23/h1-9,14,20H,10-13H2,(H,29,33,35). The highest BCUT2D eigenvalue weighted by molar-refractivity contribution is 6.42. The van der Waals surface area contributed by atoms with Gasteiger partial charge in [-0.15, -0.1) is 0 Å². The average molecular weight is 527 g/mol. The molecule has 4 amide bonds. The molecule has 1 aromatic heterocycles. The number of urea groups is 1. The number of aromatic nitrogens is 2. The van der Waals surface area contributed by atoms with Gasteiger partial charge in [-0.25, -0.2) is 19.7 Å². The second-order valence-corrected chi connectivity index (χ2v) is 8.93. The average Bonchev–Trinajstić information content (AvgIpc) is 2.88. The van der Waals surface area contributed by atoms with Gasteiger partial charge in [0, 0.05) is 44.6 Å². The Kier molecular flexibility index (Phi) is 6.73. The summed E-state index contributed by atoms with van der Waals surface area (Å²) in [5.74, 6) is 0.302. The molecular weight excluding hydrogens is 507 g/mol. The number of imide groups is 2. The number of halogens is 2. The maximum Gasteiger partial charge on any atom is 0.335 e. The Balaban J connectivity index is 1.29. The number of carbonyl (C=O) groups is 3. The SMILES string of the molecule is O=C1NC(=O)N(c2ccc(Oc3ccc(Cl)c(Cl)c3)cc2)C(=O)C1N1CCN(c2ncccn2)CC1. The molecule has 3 heterocycles. The van der Waals surface area contributed by atoms with Gasteiger partial charge in [0.15, 0.2) is 6.04 Å². The van der Waals surface area contributed by atoms with E-state index in [-0.39, 0.29) is 0 Å². The van der Waals surface area contributed by atoms with Gasteiger partial charge in [-0.1, -0.05) is 23.2 Å². The summed E-state index contributed by atoms with van der Waals surface area (Å²) in [7, 11) is 0. The number of benzene rings is 2. The van der Waals surface area contributed by atoms with Gasteiger partial charge in [0.2, 0.25) is 5.95 Å². The van der Waals surface area contributed by atoms with Gasteiger partial charge in [-0.2, -0.15) is 0 Å². The highest BCUT2D eigenvalue weighted by Gasteiger charge is 2.45. The van der Waals surface area contributed by atoms with Crippen LogP contribution in [0.15, 0.2) is 60.9 Å². The molecule has 0 radical (unpaired) electrons. The quantitative estimate of drug-likeness (QED) is 0.504. The summed E-state index contributed by atoms with van der Waals surface area (Å²) in [5.41, 5.74) is 0.313. The summed E-state index contributed by atoms with van der Waals surface area (Å²) >= 11 is 12.0. The fourth-order valence-corrected chi connectivity index (χ4v) is 4.39. The number of hydrogen-bond acceptors (Lipinski definition) is 8. The zero-order valence-electron chi connectivity index (χ0n) is 18.8. The second kappa shape index (κ2) is 10.1. The van der Waals surface area contributed by atoms with Crippen LogP contribution in [0.3, 0.4) is 0 Å². The van der Waals surface area contributed by atoms with Gasteiger partial charge in [0.05, 0.1) is 15.7 Å². The van der Waals surface area contributed by atoms with Crippen LogP contribution in [0.1, 0.15) is 0 Å². The first-order valence-electron chi connectivity index (χ1n) is 11.1. The number of carbonyl (C=O) groups excluding carboxylic acids is 3. The Morgan fingerprint density at radius 2 is 1.53 bits per heavy atom. The third-order valence-electron chi connectivity index (χ3n) is 5.87. The monoisotopic (exact) mass is 526 g/mol. The Hall–Kier alpha value is -3.73. The van der Waals surface area contributed by atoms with Crippen LogP contribution in [-0.4, -0.2) is 64.9 Å². The molecule has 2 aliphatic rings. The lowest BCUT2D eigenvalue weighted by molar-refractivity contribution is -0.136. The third-order valence-corrected chi connectivity index (χ3v) is 6.61. The minimum Gasteiger partial charge on any atom is -0.457 e. The molecular formula is C24H20Cl2N6O4. The van der Waals surface area contributed by atoms with Crippen LogP contribution in [0.4, 0.5) is 16.4 Å². The smallest absolute Gasteiger partial charge is 0.335 e. The second-order valence-electron chi connectivity index (χ2n) is 8.11. The predicted octanol–water partition coefficient (Wildman–Crippen LogP) is 3.35. The maximum atomic E-state index is 13.3. The van der Waals surface area contributed by atoms with Crippen molar-refractivity contribution in [2.45, 2.75) is 6.04 Å². The highest BCUT2D eigenvalue weighted by Crippen LogP contribution is 2.31. The molecule has 1 N–H and O–H groups in total. The van der Waals surface area contributed by atoms with Crippen molar-refractivity contribution in [2.24, 2.45) is 0 Å². The molecule has 2 saturated heterocycles. The molecule has 36 heavy (non-hydrogen) atoms. The normalized spacial score (nSPS) is 18.8. The summed E-state index contributed by atoms with van der Waals surface area (Å²) < 4.78 is 5.77. The molecule has 0 spiro atoms. The molecule has 0 aliphatic carbocycles. The van der Waals surface area contributed by atoms with Crippen LogP contribution in [0.25, 0.3) is 0 Å². The maximum absolute atomic E-state index is 13.3. The first-order chi connectivity index (χ1) is 17.4. The van der Waals surface area contributed by atoms with Crippen molar-refractivity contribution in [1.29, 1.82) is 0 Å². The van der Waals surface area contributed by atoms with Gasteiger partial charge >= 0.3 is 6.03 Å². The molecule has 1 unspecified atom stereocenters. The first kappa shape index (κ1) is 24.0. The van der Waals surface area contributed by atoms with Crippen LogP contribution >= 0.6 is 23.2 Å². The van der Waals surface area contributed by atoms with E-state index in [0.717, 1.165) is 4.90 Å². The van der Waals surface area contributed by atoms with Crippen molar-refractivity contribution < 1.29 is 19.1 Å². The van der Waals surface area contributed by atoms with E-state index in [0.29, 0.717) is 59.4 Å². The lowest BCUT2D eigenvalue weighted by Gasteiger charge is -2.40. The lowest BCUT2D eigenvalue weighted by atomic mass is 10.1. The van der Waals surface area contributed by atoms with Crippen molar-refractivity contribution in [3.63, 3.8) is 0 Å². The first-order valence-corrected chi connectivity index (χ1v) is 11.8. The summed E-state index contributed by atoms with van der Waals surface area (Å²) in [6, 6.07) is 11.1. The fraction of sp³-hybridized carbons (Fsp3) is 0.208. The van der Waals surface area contributed by atoms with Crippen LogP contribution in [0, 0.1) is 0 Å². The van der Waals surface area contributed by atoms with Crippen molar-refractivity contribution in [3.05, 3.63) is 71.0 Å². The molecule has 2 aliphatic heterocycles. The fourth-order valence-electron chi connectivity index (χ4n) is 4.10. The molecule has 5 rings (SSSR count). The molecule has 2 fully saturated rings. The van der Waals surface area contributed by atoms with E-state index in [4.69, 9.17) is 27.9 Å². The Morgan fingerprint density at radius 1 is 0.861 bits per heavy atom. The molecule has 0 saturated carbocycles. The summed E-state index contributed by atoms with van der Waals surface area (Å²) in [5, 5.41) is 3.07. The minimum absolute atomic E-state index is 0.313. The summed E-state index contributed by atoms with van der Waals surface area (Å²) in [4.78, 5) is 51.8. The van der Waals surface area contributed by atoms with Gasteiger partial charge in [-0.05, 0) is 42.5 Å². The number of nitrogens with one attached hydrogen (secondary N) is 1. The minimum atomic E-state index is -1.12. The largest absolute Gasteiger partial charge is 0.457 e. The van der Waals surface area contributed by atoms with Crippen LogP contribution in [-0.2, 0) is 9.59 Å². The van der Waals surface area contributed by atoms with E-state index in [1.54, 1.807) is 65.8 Å². The molecule has 10 nitrogen and oxygen atoms in total. The Bertz CT molecular complexity index is 1300. The van der Waals surface area contributed by atoms with Gasteiger partial charge in [0.1, 0.15) is 11.5 Å². The number of piperazine rings is 1. The molecule has 2 aromatic carbocycles. The number of rotatable bonds is 5. The molecule has 1 atom stereocenters. The van der Waals surface area contributed by atoms with E-state index < -0.39 is 23.9 Å². The summed E-state index contributed by atoms with van der Waals surface area (Å²) in [6.45, 7) is 1.94. The highest BCUT2D eigenvalue weighted by atomic mass is 35.5. The topological polar surface area (TPSA) is 108 Å². The van der Waals surface area contributed by atoms with Crippen LogP contribution in [0.5, 0.6) is 11.5 Å². The number of barbiturate groups is 1. The molecule has 184 valence electrons. The van der Waals surface area contributed by atoms with Gasteiger partial charge in [-0.3, -0.25) is 19.8 Å². The Labute approximate surface area is 216 Å². The van der Waals surface area contributed by atoms with E-state index in [9.17, 15) is 14.4 Å². The zero-order valence-corrected chi connectivity index (χ0v) is 20.3. The van der Waals surface area contributed by atoms with Crippen molar-refractivity contribution in [2.75, 3.05) is 36.0 Å². The van der Waals surface area contributed by atoms with Crippen LogP contribution in [0.2, 0.25) is 10.0 Å². The number of anilines is 2. The van der Waals surface area contributed by atoms with E-state index in [2.05, 4.69) is 15.3 Å². The molecule has 0 bridgehead atoms. The van der Waals surface area contributed by atoms with Gasteiger partial charge < -0.3 is 9.64 Å². The number of nitrogens with zero attached hydrogens (tertiary/aromatic N) is 5. The lowest BCUT2D eigenvalue weighted by Crippen LogP contribution is -2.68. The predicted molar refractivity (Wildman–Crippen MR) is 134 cm³/mol. The zero-order chi connectivity index (χ0) is 25.2. The van der Waals surface area contributed by atoms with Crippen molar-refractivity contribution in [3.8, 4) is 11.5 Å². The molecule has 3 aromatic rings. The Morgan fingerprint density at radius 3 is 2.19 bits per heavy atom. The van der Waals surface area contributed by atoms with E-state index >= 15 is 0 Å². The summed E-state index contributed by atoms with van der Waals surface area (Å²) in [6.07, 6.45) is 3.33. The number of ether oxygens (including phenoxy) is 1. The third kappa shape index (κ3) is 4.83. The van der Waals surface area contributed by atoms with E-state index in [1.165, 1.54) is 0 Å². The van der Waals surface area contributed by atoms with Crippen molar-refractivity contribution >= 4 is 52.7 Å². The van der Waals surface area contributed by atoms with Crippen LogP contribution < -0.4 is 19.9 Å². The number of amides is 4. The number of hydrogen-bond donors (Lipinski definition) is 1. The molecule has 12 heteroatoms. The van der Waals surface area contributed by atoms with Crippen molar-refractivity contribution in [1.82, 2.24) is 20.2 Å². The van der Waals surface area contributed by atoms with Gasteiger partial charge in [0.25, 0.3) is 11.8 Å². The van der Waals surface area contributed by atoms with E-state index in [1.807, 2.05) is 4.90 Å².